The molecule has 0 rings (SSSR count). The summed E-state index contributed by atoms with van der Waals surface area (Å²) >= 11 is 0. The molecule has 0 aromatic carbocycles. The Hall–Kier alpha value is -1.06. The summed E-state index contributed by atoms with van der Waals surface area (Å²) in [6.07, 6.45) is 0.789. The van der Waals surface area contributed by atoms with E-state index in [4.69, 9.17) is 5.73 Å². The Labute approximate surface area is 85.2 Å². The van der Waals surface area contributed by atoms with Crippen molar-refractivity contribution in [2.45, 2.75) is 34.1 Å². The van der Waals surface area contributed by atoms with Gasteiger partial charge in [-0.05, 0) is 12.3 Å². The fraction of sp³-hybridized carbons (Fsp3) is 0.800. The zero-order valence-corrected chi connectivity index (χ0v) is 9.39. The van der Waals surface area contributed by atoms with Gasteiger partial charge >= 0.3 is 0 Å². The number of carbonyl (C=O) groups excluding carboxylic acids is 2. The smallest absolute Gasteiger partial charge is 0.236 e. The maximum atomic E-state index is 11.6. The van der Waals surface area contributed by atoms with Crippen LogP contribution in [-0.2, 0) is 9.59 Å². The lowest BCUT2D eigenvalue weighted by molar-refractivity contribution is -0.132. The summed E-state index contributed by atoms with van der Waals surface area (Å²) in [5.41, 5.74) is 4.49. The van der Waals surface area contributed by atoms with Crippen LogP contribution in [0.25, 0.3) is 0 Å². The van der Waals surface area contributed by atoms with Crippen molar-refractivity contribution >= 4 is 11.8 Å². The summed E-state index contributed by atoms with van der Waals surface area (Å²) in [7, 11) is 0. The highest BCUT2D eigenvalue weighted by atomic mass is 16.2. The zero-order chi connectivity index (χ0) is 11.4. The minimum Gasteiger partial charge on any atom is -0.368 e. The van der Waals surface area contributed by atoms with Gasteiger partial charge in [-0.1, -0.05) is 27.7 Å². The first kappa shape index (κ1) is 12.9. The average Bonchev–Trinajstić information content (AvgIpc) is 1.97. The van der Waals surface area contributed by atoms with Crippen LogP contribution in [0, 0.1) is 11.3 Å². The molecule has 0 atom stereocenters. The van der Waals surface area contributed by atoms with Crippen molar-refractivity contribution in [1.29, 1.82) is 0 Å². The lowest BCUT2D eigenvalue weighted by atomic mass is 9.83. The summed E-state index contributed by atoms with van der Waals surface area (Å²) in [4.78, 5) is 22.0. The van der Waals surface area contributed by atoms with Crippen molar-refractivity contribution in [2.24, 2.45) is 17.1 Å². The minimum atomic E-state index is -0.515. The predicted molar refractivity (Wildman–Crippen MR) is 55.4 cm³/mol. The number of carbonyl (C=O) groups is 2. The first-order valence-corrected chi connectivity index (χ1v) is 4.82. The quantitative estimate of drug-likeness (QED) is 0.684. The Morgan fingerprint density at radius 1 is 1.36 bits per heavy atom. The Morgan fingerprint density at radius 3 is 2.21 bits per heavy atom. The molecule has 4 heteroatoms. The molecule has 0 aliphatic carbocycles. The fourth-order valence-electron chi connectivity index (χ4n) is 1.52. The Bertz CT molecular complexity index is 222. The van der Waals surface area contributed by atoms with E-state index in [0.29, 0.717) is 5.92 Å². The third-order valence-corrected chi connectivity index (χ3v) is 1.96. The summed E-state index contributed by atoms with van der Waals surface area (Å²) in [6.45, 7) is 7.76. The second-order valence-corrected chi connectivity index (χ2v) is 4.63. The van der Waals surface area contributed by atoms with Crippen LogP contribution < -0.4 is 11.1 Å². The van der Waals surface area contributed by atoms with Crippen LogP contribution >= 0.6 is 0 Å². The Kier molecular flexibility index (Phi) is 4.60. The van der Waals surface area contributed by atoms with Crippen LogP contribution in [0.2, 0.25) is 0 Å². The third kappa shape index (κ3) is 4.84. The minimum absolute atomic E-state index is 0.0830. The molecule has 0 heterocycles. The first-order valence-electron chi connectivity index (χ1n) is 4.82. The molecular weight excluding hydrogens is 180 g/mol. The zero-order valence-electron chi connectivity index (χ0n) is 9.39. The topological polar surface area (TPSA) is 72.2 Å². The van der Waals surface area contributed by atoms with Gasteiger partial charge in [0.05, 0.1) is 6.54 Å². The van der Waals surface area contributed by atoms with Crippen molar-refractivity contribution in [3.8, 4) is 0 Å². The lowest BCUT2D eigenvalue weighted by Crippen LogP contribution is -2.41. The highest BCUT2D eigenvalue weighted by Crippen LogP contribution is 2.25. The van der Waals surface area contributed by atoms with E-state index in [1.54, 1.807) is 0 Å². The highest BCUT2D eigenvalue weighted by Gasteiger charge is 2.28. The van der Waals surface area contributed by atoms with Gasteiger partial charge in [0, 0.05) is 5.41 Å². The SMILES string of the molecule is CC(C)CC(C)(C)C(=O)NCC(N)=O. The van der Waals surface area contributed by atoms with Crippen LogP contribution in [0.3, 0.4) is 0 Å². The highest BCUT2D eigenvalue weighted by molar-refractivity contribution is 5.86. The number of nitrogens with one attached hydrogen (secondary N) is 1. The van der Waals surface area contributed by atoms with Crippen LogP contribution in [0.1, 0.15) is 34.1 Å². The summed E-state index contributed by atoms with van der Waals surface area (Å²) in [6, 6.07) is 0. The standard InChI is InChI=1S/C10H20N2O2/c1-7(2)5-10(3,4)9(14)12-6-8(11)13/h7H,5-6H2,1-4H3,(H2,11,13)(H,12,14). The van der Waals surface area contributed by atoms with E-state index >= 15 is 0 Å². The van der Waals surface area contributed by atoms with E-state index in [9.17, 15) is 9.59 Å². The van der Waals surface area contributed by atoms with Gasteiger partial charge in [0.15, 0.2) is 0 Å². The van der Waals surface area contributed by atoms with Gasteiger partial charge in [0.25, 0.3) is 0 Å². The van der Waals surface area contributed by atoms with Gasteiger partial charge < -0.3 is 11.1 Å². The van der Waals surface area contributed by atoms with Crippen molar-refractivity contribution in [3.63, 3.8) is 0 Å². The van der Waals surface area contributed by atoms with E-state index in [0.717, 1.165) is 6.42 Å². The van der Waals surface area contributed by atoms with E-state index in [2.05, 4.69) is 19.2 Å². The number of hydrogen-bond donors (Lipinski definition) is 2. The molecule has 3 N–H and O–H groups in total. The molecule has 82 valence electrons. The van der Waals surface area contributed by atoms with Crippen molar-refractivity contribution in [2.75, 3.05) is 6.54 Å². The van der Waals surface area contributed by atoms with Crippen molar-refractivity contribution < 1.29 is 9.59 Å². The predicted octanol–water partition coefficient (Wildman–Crippen LogP) is 0.660. The van der Waals surface area contributed by atoms with Gasteiger partial charge in [0.1, 0.15) is 0 Å². The Morgan fingerprint density at radius 2 is 1.86 bits per heavy atom. The molecule has 0 aliphatic heterocycles. The van der Waals surface area contributed by atoms with Crippen LogP contribution in [0.5, 0.6) is 0 Å². The fourth-order valence-corrected chi connectivity index (χ4v) is 1.52. The van der Waals surface area contributed by atoms with E-state index < -0.39 is 11.3 Å². The van der Waals surface area contributed by atoms with Gasteiger partial charge in [-0.2, -0.15) is 0 Å². The third-order valence-electron chi connectivity index (χ3n) is 1.96. The second kappa shape index (κ2) is 4.98. The summed E-state index contributed by atoms with van der Waals surface area (Å²) in [5, 5.41) is 2.51. The van der Waals surface area contributed by atoms with Gasteiger partial charge in [-0.15, -0.1) is 0 Å². The molecule has 4 nitrogen and oxygen atoms in total. The van der Waals surface area contributed by atoms with Crippen LogP contribution in [0.4, 0.5) is 0 Å². The van der Waals surface area contributed by atoms with E-state index in [1.165, 1.54) is 0 Å². The second-order valence-electron chi connectivity index (χ2n) is 4.63. The molecule has 0 radical (unpaired) electrons. The maximum absolute atomic E-state index is 11.6. The molecule has 0 fully saturated rings. The summed E-state index contributed by atoms with van der Waals surface area (Å²) < 4.78 is 0. The van der Waals surface area contributed by atoms with Crippen LogP contribution in [0.15, 0.2) is 0 Å². The monoisotopic (exact) mass is 200 g/mol. The molecule has 0 aromatic rings. The Balaban J connectivity index is 4.14. The van der Waals surface area contributed by atoms with Gasteiger partial charge in [-0.25, -0.2) is 0 Å². The molecule has 0 unspecified atom stereocenters. The average molecular weight is 200 g/mol. The molecule has 0 saturated heterocycles. The van der Waals surface area contributed by atoms with Crippen molar-refractivity contribution in [3.05, 3.63) is 0 Å². The maximum Gasteiger partial charge on any atom is 0.236 e. The number of amides is 2. The summed E-state index contributed by atoms with van der Waals surface area (Å²) in [5.74, 6) is -0.187. The number of rotatable bonds is 5. The molecule has 0 aromatic heterocycles. The van der Waals surface area contributed by atoms with Crippen LogP contribution in [-0.4, -0.2) is 18.4 Å². The number of primary amides is 1. The normalized spacial score (nSPS) is 11.5. The molecule has 0 aliphatic rings. The van der Waals surface area contributed by atoms with Gasteiger partial charge in [-0.3, -0.25) is 9.59 Å². The van der Waals surface area contributed by atoms with E-state index in [-0.39, 0.29) is 12.5 Å². The largest absolute Gasteiger partial charge is 0.368 e. The molecule has 14 heavy (non-hydrogen) atoms. The molecule has 0 spiro atoms. The number of hydrogen-bond acceptors (Lipinski definition) is 2. The van der Waals surface area contributed by atoms with Crippen molar-refractivity contribution in [1.82, 2.24) is 5.32 Å². The molecule has 2 amide bonds. The molecule has 0 bridgehead atoms. The number of nitrogens with two attached hydrogens (primary N) is 1. The molecular formula is C10H20N2O2. The molecule has 0 saturated carbocycles. The van der Waals surface area contributed by atoms with E-state index in [1.807, 2.05) is 13.8 Å². The first-order chi connectivity index (χ1) is 6.25. The van der Waals surface area contributed by atoms with Gasteiger partial charge in [0.2, 0.25) is 11.8 Å². The lowest BCUT2D eigenvalue weighted by Gasteiger charge is -2.25.